The van der Waals surface area contributed by atoms with Gasteiger partial charge in [-0.25, -0.2) is 4.39 Å². The molecule has 26 heavy (non-hydrogen) atoms. The van der Waals surface area contributed by atoms with E-state index < -0.39 is 11.9 Å². The molecule has 6 heteroatoms. The zero-order valence-electron chi connectivity index (χ0n) is 14.0. The summed E-state index contributed by atoms with van der Waals surface area (Å²) in [6, 6.07) is 15.8. The maximum Gasteiger partial charge on any atom is 0.253 e. The molecule has 132 valence electrons. The van der Waals surface area contributed by atoms with E-state index in [1.165, 1.54) is 30.5 Å². The van der Waals surface area contributed by atoms with Crippen LogP contribution < -0.4 is 15.6 Å². The van der Waals surface area contributed by atoms with Crippen LogP contribution in [0.1, 0.15) is 28.9 Å². The average Bonchev–Trinajstić information content (AvgIpc) is 2.64. The quantitative estimate of drug-likeness (QED) is 0.734. The van der Waals surface area contributed by atoms with E-state index in [1.807, 2.05) is 6.07 Å². The van der Waals surface area contributed by atoms with Crippen molar-refractivity contribution in [1.82, 2.24) is 10.3 Å². The van der Waals surface area contributed by atoms with Crippen molar-refractivity contribution in [3.05, 3.63) is 94.2 Å². The van der Waals surface area contributed by atoms with E-state index in [0.717, 1.165) is 0 Å². The Morgan fingerprint density at radius 3 is 2.54 bits per heavy atom. The fourth-order valence-electron chi connectivity index (χ4n) is 2.40. The number of aromatic nitrogens is 1. The second kappa shape index (κ2) is 7.65. The number of nitrogens with one attached hydrogen (secondary N) is 2. The molecule has 3 aromatic rings. The third-order valence-corrected chi connectivity index (χ3v) is 3.82. The van der Waals surface area contributed by atoms with Gasteiger partial charge in [0.1, 0.15) is 5.75 Å². The van der Waals surface area contributed by atoms with Crippen LogP contribution in [-0.4, -0.2) is 10.9 Å². The molecule has 1 atom stereocenters. The maximum atomic E-state index is 14.3. The van der Waals surface area contributed by atoms with Gasteiger partial charge in [0.2, 0.25) is 5.56 Å². The molecule has 0 aliphatic heterocycles. The number of carbonyl (C=O) groups is 1. The van der Waals surface area contributed by atoms with Gasteiger partial charge < -0.3 is 15.0 Å². The lowest BCUT2D eigenvalue weighted by atomic mass is 10.1. The van der Waals surface area contributed by atoms with Gasteiger partial charge in [0.15, 0.2) is 11.6 Å². The second-order valence-electron chi connectivity index (χ2n) is 5.74. The van der Waals surface area contributed by atoms with Gasteiger partial charge in [-0.05, 0) is 42.8 Å². The van der Waals surface area contributed by atoms with Gasteiger partial charge in [0.05, 0.1) is 11.6 Å². The monoisotopic (exact) mass is 352 g/mol. The van der Waals surface area contributed by atoms with E-state index in [9.17, 15) is 14.0 Å². The number of hydrogen-bond acceptors (Lipinski definition) is 3. The minimum Gasteiger partial charge on any atom is -0.454 e. The van der Waals surface area contributed by atoms with E-state index in [4.69, 9.17) is 4.74 Å². The summed E-state index contributed by atoms with van der Waals surface area (Å²) in [7, 11) is 0. The van der Waals surface area contributed by atoms with Crippen molar-refractivity contribution >= 4 is 5.91 Å². The van der Waals surface area contributed by atoms with Gasteiger partial charge in [-0.3, -0.25) is 9.59 Å². The fourth-order valence-corrected chi connectivity index (χ4v) is 2.40. The van der Waals surface area contributed by atoms with Crippen molar-refractivity contribution in [2.24, 2.45) is 0 Å². The van der Waals surface area contributed by atoms with Crippen molar-refractivity contribution in [2.45, 2.75) is 13.0 Å². The second-order valence-corrected chi connectivity index (χ2v) is 5.74. The Morgan fingerprint density at radius 2 is 1.88 bits per heavy atom. The maximum absolute atomic E-state index is 14.3. The van der Waals surface area contributed by atoms with Crippen LogP contribution in [0.5, 0.6) is 11.5 Å². The molecule has 0 aliphatic carbocycles. The fraction of sp³-hybridized carbons (Fsp3) is 0.100. The number of aromatic amines is 1. The number of H-pyrrole nitrogens is 1. The van der Waals surface area contributed by atoms with Crippen LogP contribution in [0.25, 0.3) is 0 Å². The first-order valence-corrected chi connectivity index (χ1v) is 8.05. The predicted octanol–water partition coefficient (Wildman–Crippen LogP) is 3.80. The van der Waals surface area contributed by atoms with Crippen molar-refractivity contribution < 1.29 is 13.9 Å². The lowest BCUT2D eigenvalue weighted by molar-refractivity contribution is 0.0939. The molecule has 2 aromatic carbocycles. The number of para-hydroxylation sites is 1. The summed E-state index contributed by atoms with van der Waals surface area (Å²) in [6.45, 7) is 1.75. The van der Waals surface area contributed by atoms with Gasteiger partial charge in [-0.2, -0.15) is 0 Å². The van der Waals surface area contributed by atoms with Crippen LogP contribution in [0.2, 0.25) is 0 Å². The van der Waals surface area contributed by atoms with Crippen molar-refractivity contribution in [1.29, 1.82) is 0 Å². The molecule has 1 amide bonds. The Kier molecular flexibility index (Phi) is 5.12. The predicted molar refractivity (Wildman–Crippen MR) is 95.9 cm³/mol. The van der Waals surface area contributed by atoms with Crippen LogP contribution in [0.3, 0.4) is 0 Å². The number of rotatable bonds is 5. The van der Waals surface area contributed by atoms with Crippen LogP contribution in [0.4, 0.5) is 4.39 Å². The normalized spacial score (nSPS) is 11.6. The molecule has 0 radical (unpaired) electrons. The molecule has 0 spiro atoms. The Morgan fingerprint density at radius 1 is 1.12 bits per heavy atom. The highest BCUT2D eigenvalue weighted by atomic mass is 19.1. The summed E-state index contributed by atoms with van der Waals surface area (Å²) in [6.07, 6.45) is 1.34. The number of benzene rings is 2. The molecule has 0 bridgehead atoms. The van der Waals surface area contributed by atoms with Crippen molar-refractivity contribution in [2.75, 3.05) is 0 Å². The minimum absolute atomic E-state index is 0.110. The molecular weight excluding hydrogens is 335 g/mol. The lowest BCUT2D eigenvalue weighted by Gasteiger charge is -2.15. The molecule has 0 unspecified atom stereocenters. The van der Waals surface area contributed by atoms with Crippen molar-refractivity contribution in [3.63, 3.8) is 0 Å². The Labute approximate surface area is 149 Å². The van der Waals surface area contributed by atoms with Gasteiger partial charge in [0.25, 0.3) is 5.91 Å². The van der Waals surface area contributed by atoms with Gasteiger partial charge in [-0.15, -0.1) is 0 Å². The molecule has 3 rings (SSSR count). The highest BCUT2D eigenvalue weighted by Gasteiger charge is 2.14. The number of pyridine rings is 1. The van der Waals surface area contributed by atoms with Gasteiger partial charge >= 0.3 is 0 Å². The number of amides is 1. The molecular formula is C20H17FN2O3. The van der Waals surface area contributed by atoms with Gasteiger partial charge in [-0.1, -0.05) is 24.3 Å². The summed E-state index contributed by atoms with van der Waals surface area (Å²) >= 11 is 0. The van der Waals surface area contributed by atoms with Gasteiger partial charge in [0, 0.05) is 12.3 Å². The smallest absolute Gasteiger partial charge is 0.253 e. The first-order chi connectivity index (χ1) is 12.5. The molecule has 0 saturated carbocycles. The first kappa shape index (κ1) is 17.4. The van der Waals surface area contributed by atoms with E-state index >= 15 is 0 Å². The minimum atomic E-state index is -0.517. The molecule has 0 aliphatic rings. The number of halogens is 1. The van der Waals surface area contributed by atoms with E-state index in [1.54, 1.807) is 37.3 Å². The van der Waals surface area contributed by atoms with E-state index in [0.29, 0.717) is 16.9 Å². The molecule has 0 saturated heterocycles. The van der Waals surface area contributed by atoms with E-state index in [-0.39, 0.29) is 17.2 Å². The largest absolute Gasteiger partial charge is 0.454 e. The summed E-state index contributed by atoms with van der Waals surface area (Å²) in [5, 5.41) is 2.76. The van der Waals surface area contributed by atoms with Crippen LogP contribution in [0, 0.1) is 5.82 Å². The highest BCUT2D eigenvalue weighted by Crippen LogP contribution is 2.26. The summed E-state index contributed by atoms with van der Waals surface area (Å²) in [5.41, 5.74) is 0.632. The molecule has 1 heterocycles. The summed E-state index contributed by atoms with van der Waals surface area (Å²) in [5.74, 6) is -0.229. The highest BCUT2D eigenvalue weighted by molar-refractivity contribution is 5.94. The van der Waals surface area contributed by atoms with Crippen molar-refractivity contribution in [3.8, 4) is 11.5 Å². The molecule has 5 nitrogen and oxygen atoms in total. The van der Waals surface area contributed by atoms with E-state index in [2.05, 4.69) is 10.3 Å². The Hall–Kier alpha value is -3.41. The Balaban J connectivity index is 1.70. The average molecular weight is 352 g/mol. The third-order valence-electron chi connectivity index (χ3n) is 3.82. The zero-order valence-corrected chi connectivity index (χ0v) is 14.0. The van der Waals surface area contributed by atoms with Crippen LogP contribution in [-0.2, 0) is 0 Å². The number of hydrogen-bond donors (Lipinski definition) is 2. The molecule has 0 fully saturated rings. The summed E-state index contributed by atoms with van der Waals surface area (Å²) < 4.78 is 19.8. The van der Waals surface area contributed by atoms with Crippen LogP contribution in [0.15, 0.2) is 71.7 Å². The number of ether oxygens (including phenoxy) is 1. The molecule has 1 aromatic heterocycles. The topological polar surface area (TPSA) is 71.2 Å². The SMILES string of the molecule is C[C@H](NC(=O)c1ccc(=O)[nH]c1)c1ccc(Oc2ccccc2)c(F)c1. The third kappa shape index (κ3) is 4.16. The Bertz CT molecular complexity index is 950. The lowest BCUT2D eigenvalue weighted by Crippen LogP contribution is -2.27. The van der Waals surface area contributed by atoms with Crippen LogP contribution >= 0.6 is 0 Å². The standard InChI is InChI=1S/C20H17FN2O3/c1-13(23-20(25)15-8-10-19(24)22-12-15)14-7-9-18(17(21)11-14)26-16-5-3-2-4-6-16/h2-13H,1H3,(H,22,24)(H,23,25)/t13-/m0/s1. The summed E-state index contributed by atoms with van der Waals surface area (Å²) in [4.78, 5) is 25.7. The number of carbonyl (C=O) groups excluding carboxylic acids is 1. The zero-order chi connectivity index (χ0) is 18.5. The molecule has 2 N–H and O–H groups in total. The first-order valence-electron chi connectivity index (χ1n) is 8.05.